The third kappa shape index (κ3) is 14.8. The fourth-order valence-electron chi connectivity index (χ4n) is 9.53. The van der Waals surface area contributed by atoms with Crippen LogP contribution in [0.2, 0.25) is 5.02 Å². The van der Waals surface area contributed by atoms with Crippen LogP contribution in [0.25, 0.3) is 22.4 Å². The lowest BCUT2D eigenvalue weighted by Crippen LogP contribution is -2.46. The molecule has 386 valence electrons. The maximum absolute atomic E-state index is 15.7. The van der Waals surface area contributed by atoms with Gasteiger partial charge in [-0.3, -0.25) is 0 Å². The number of halogens is 5. The lowest BCUT2D eigenvalue weighted by molar-refractivity contribution is -0.0328. The third-order valence-electron chi connectivity index (χ3n) is 13.1. The Kier molecular flexibility index (Phi) is 20.4. The number of hydrogen-bond acceptors (Lipinski definition) is 10. The van der Waals surface area contributed by atoms with Gasteiger partial charge in [-0.1, -0.05) is 55.8 Å². The van der Waals surface area contributed by atoms with Gasteiger partial charge in [0.2, 0.25) is 0 Å². The highest BCUT2D eigenvalue weighted by molar-refractivity contribution is 8.01. The van der Waals surface area contributed by atoms with E-state index in [1.54, 1.807) is 47.8 Å². The van der Waals surface area contributed by atoms with Crippen molar-refractivity contribution in [3.8, 4) is 22.4 Å². The normalized spacial score (nSPS) is 15.1. The summed E-state index contributed by atoms with van der Waals surface area (Å²) in [5.41, 5.74) is 3.94. The summed E-state index contributed by atoms with van der Waals surface area (Å²) < 4.78 is 63.6. The zero-order valence-electron chi connectivity index (χ0n) is 42.3. The monoisotopic (exact) mass is 1080 g/mol. The summed E-state index contributed by atoms with van der Waals surface area (Å²) in [7, 11) is 2.01. The summed E-state index contributed by atoms with van der Waals surface area (Å²) in [6.07, 6.45) is 5.09. The molecule has 0 radical (unpaired) electrons. The number of piperazine rings is 1. The zero-order valence-corrected chi connectivity index (χ0v) is 46.3. The number of rotatable bonds is 19. The van der Waals surface area contributed by atoms with Gasteiger partial charge in [-0.25, -0.2) is 4.39 Å². The number of aromatic nitrogens is 1. The van der Waals surface area contributed by atoms with E-state index in [9.17, 15) is 13.2 Å². The number of anilines is 4. The molecule has 0 bridgehead atoms. The third-order valence-corrected chi connectivity index (χ3v) is 17.0. The highest BCUT2D eigenvalue weighted by Gasteiger charge is 2.32. The highest BCUT2D eigenvalue weighted by Crippen LogP contribution is 2.47. The molecule has 72 heavy (non-hydrogen) atoms. The number of nitrogens with one attached hydrogen (secondary N) is 3. The average molecular weight is 1080 g/mol. The van der Waals surface area contributed by atoms with Gasteiger partial charge in [0.15, 0.2) is 0 Å². The second-order valence-electron chi connectivity index (χ2n) is 18.1. The first-order chi connectivity index (χ1) is 34.7. The Morgan fingerprint density at radius 3 is 2.06 bits per heavy atom. The summed E-state index contributed by atoms with van der Waals surface area (Å²) in [4.78, 5) is 10.2. The second-order valence-corrected chi connectivity index (χ2v) is 22.4. The number of piperidine rings is 1. The summed E-state index contributed by atoms with van der Waals surface area (Å²) >= 11 is 10.9. The van der Waals surface area contributed by atoms with Crippen LogP contribution in [0, 0.1) is 12.7 Å². The van der Waals surface area contributed by atoms with Crippen LogP contribution in [0.1, 0.15) is 58.7 Å². The standard InChI is InChI=1S/C54H62ClF4N7S4.C2H6/c1-36(2)66-37(3)53(67-5)51(52(66)38-11-13-40(55)14-12-38)39-31-41(56)33-46(32-39)65-29-27-64(28-30-65)45-17-15-43(16-18-45)62-70-48-19-20-49(50(34-48)69-54(57,58)59)61-44(35-68-47-9-7-6-8-10-47)23-26-63-24-21-42(60-4)22-25-63;1-2/h6-20,31-34,36,42,44,60-62H,21-30,35H2,1-5H3;1-2H3. The van der Waals surface area contributed by atoms with E-state index in [0.29, 0.717) is 21.6 Å². The minimum absolute atomic E-state index is 0.0341. The van der Waals surface area contributed by atoms with E-state index < -0.39 is 5.51 Å². The van der Waals surface area contributed by atoms with E-state index >= 15 is 4.39 Å². The lowest BCUT2D eigenvalue weighted by atomic mass is 9.99. The Balaban J connectivity index is 0.00000376. The summed E-state index contributed by atoms with van der Waals surface area (Å²) in [5, 5.41) is 7.60. The van der Waals surface area contributed by atoms with Gasteiger partial charge in [-0.05, 0) is 186 Å². The number of hydrogen-bond donors (Lipinski definition) is 3. The van der Waals surface area contributed by atoms with Gasteiger partial charge < -0.3 is 34.6 Å². The molecule has 2 fully saturated rings. The molecule has 3 N–H and O–H groups in total. The van der Waals surface area contributed by atoms with Gasteiger partial charge in [0, 0.05) is 115 Å². The minimum atomic E-state index is -4.44. The molecule has 5 aromatic carbocycles. The predicted octanol–water partition coefficient (Wildman–Crippen LogP) is 16.0. The molecule has 2 aliphatic rings. The summed E-state index contributed by atoms with van der Waals surface area (Å²) in [6.45, 7) is 16.3. The predicted molar refractivity (Wildman–Crippen MR) is 305 cm³/mol. The van der Waals surface area contributed by atoms with Crippen molar-refractivity contribution in [3.63, 3.8) is 0 Å². The molecular weight excluding hydrogens is 1010 g/mol. The van der Waals surface area contributed by atoms with Crippen LogP contribution in [0.15, 0.2) is 135 Å². The number of thioether (sulfide) groups is 3. The van der Waals surface area contributed by atoms with Crippen LogP contribution in [-0.4, -0.2) is 91.9 Å². The first-order valence-corrected chi connectivity index (χ1v) is 29.1. The molecule has 0 saturated carbocycles. The molecule has 0 amide bonds. The molecule has 0 aliphatic carbocycles. The van der Waals surface area contributed by atoms with Crippen LogP contribution in [0.5, 0.6) is 0 Å². The first-order valence-electron chi connectivity index (χ1n) is 24.9. The number of nitrogens with zero attached hydrogens (tertiary/aromatic N) is 4. The molecule has 1 aromatic heterocycles. The average Bonchev–Trinajstić information content (AvgIpc) is 3.69. The lowest BCUT2D eigenvalue weighted by Gasteiger charge is -2.37. The SMILES string of the molecule is CC.CNC1CCN(CCC(CSc2ccccc2)Nc2ccc(SNc3ccc(N4CCN(c5cc(F)cc(-c6c(SC)c(C)n(C(C)C)c6-c6ccc(Cl)cc6)c5)CC4)cc3)cc2SC(F)(F)F)CC1. The Hall–Kier alpha value is -4.09. The molecular formula is C56H68ClF4N7S4. The minimum Gasteiger partial charge on any atom is -0.381 e. The van der Waals surface area contributed by atoms with Crippen molar-refractivity contribution in [2.45, 2.75) is 97.1 Å². The van der Waals surface area contributed by atoms with Crippen LogP contribution in [-0.2, 0) is 0 Å². The van der Waals surface area contributed by atoms with Crippen molar-refractivity contribution in [2.24, 2.45) is 0 Å². The number of likely N-dealkylation sites (tertiary alicyclic amines) is 1. The Morgan fingerprint density at radius 2 is 1.43 bits per heavy atom. The highest BCUT2D eigenvalue weighted by atomic mass is 35.5. The number of benzene rings is 5. The van der Waals surface area contributed by atoms with E-state index in [0.717, 1.165) is 126 Å². The van der Waals surface area contributed by atoms with E-state index in [2.05, 4.69) is 92.0 Å². The maximum Gasteiger partial charge on any atom is 0.446 e. The van der Waals surface area contributed by atoms with Crippen molar-refractivity contribution in [2.75, 3.05) is 84.7 Å². The fourth-order valence-corrected chi connectivity index (χ4v) is 12.9. The van der Waals surface area contributed by atoms with Crippen LogP contribution in [0.4, 0.5) is 40.3 Å². The van der Waals surface area contributed by atoms with Crippen LogP contribution in [0.3, 0.4) is 0 Å². The van der Waals surface area contributed by atoms with Gasteiger partial charge in [0.05, 0.1) is 5.69 Å². The molecule has 2 saturated heterocycles. The van der Waals surface area contributed by atoms with Gasteiger partial charge in [-0.2, -0.15) is 13.2 Å². The topological polar surface area (TPSA) is 50.7 Å². The van der Waals surface area contributed by atoms with E-state index in [1.165, 1.54) is 11.9 Å². The quantitative estimate of drug-likeness (QED) is 0.0415. The first kappa shape index (κ1) is 55.7. The largest absolute Gasteiger partial charge is 0.446 e. The van der Waals surface area contributed by atoms with Crippen LogP contribution >= 0.6 is 58.8 Å². The smallest absolute Gasteiger partial charge is 0.381 e. The number of alkyl halides is 3. The fraction of sp³-hybridized carbons (Fsp3) is 0.393. The molecule has 7 nitrogen and oxygen atoms in total. The molecule has 16 heteroatoms. The van der Waals surface area contributed by atoms with Gasteiger partial charge in [-0.15, -0.1) is 23.5 Å². The van der Waals surface area contributed by atoms with Crippen molar-refractivity contribution in [1.29, 1.82) is 0 Å². The summed E-state index contributed by atoms with van der Waals surface area (Å²) in [5.74, 6) is 0.456. The molecule has 1 atom stereocenters. The Bertz CT molecular complexity index is 2640. The Morgan fingerprint density at radius 1 is 0.764 bits per heavy atom. The Labute approximate surface area is 447 Å². The molecule has 1 unspecified atom stereocenters. The zero-order chi connectivity index (χ0) is 51.4. The van der Waals surface area contributed by atoms with Gasteiger partial charge in [0.25, 0.3) is 0 Å². The van der Waals surface area contributed by atoms with Crippen molar-refractivity contribution in [1.82, 2.24) is 14.8 Å². The van der Waals surface area contributed by atoms with E-state index in [1.807, 2.05) is 81.6 Å². The van der Waals surface area contributed by atoms with E-state index in [-0.39, 0.29) is 34.6 Å². The molecule has 8 rings (SSSR count). The molecule has 2 aliphatic heterocycles. The molecule has 3 heterocycles. The van der Waals surface area contributed by atoms with E-state index in [4.69, 9.17) is 11.6 Å². The van der Waals surface area contributed by atoms with Gasteiger partial charge >= 0.3 is 5.51 Å². The molecule has 0 spiro atoms. The van der Waals surface area contributed by atoms with Crippen molar-refractivity contribution in [3.05, 3.63) is 132 Å². The van der Waals surface area contributed by atoms with Crippen molar-refractivity contribution < 1.29 is 17.6 Å². The van der Waals surface area contributed by atoms with Crippen molar-refractivity contribution >= 4 is 81.6 Å². The summed E-state index contributed by atoms with van der Waals surface area (Å²) in [6, 6.07) is 37.6. The maximum atomic E-state index is 15.7. The molecule has 6 aromatic rings. The second kappa shape index (κ2) is 26.4. The van der Waals surface area contributed by atoms with Gasteiger partial charge in [0.1, 0.15) is 5.82 Å². The van der Waals surface area contributed by atoms with Crippen LogP contribution < -0.4 is 25.2 Å².